The second-order valence-electron chi connectivity index (χ2n) is 6.54. The minimum absolute atomic E-state index is 0.376. The zero-order chi connectivity index (χ0) is 19.4. The fraction of sp³-hybridized carbons (Fsp3) is 0.350. The average molecular weight is 387 g/mol. The minimum atomic E-state index is -0.571. The molecule has 0 saturated heterocycles. The van der Waals surface area contributed by atoms with Gasteiger partial charge in [-0.1, -0.05) is 25.1 Å². The standard InChI is InChI=1S/C20H21NO5S/c1-12-8-9-14-15(10-12)27-18(17(14)20(24)25-2)21-16(22)11-26-19(23)13-6-4-3-5-7-13/h3-7,12H,8-11H2,1-2H3,(H,21,22)/t12-/m0/s1. The molecule has 0 aliphatic heterocycles. The summed E-state index contributed by atoms with van der Waals surface area (Å²) < 4.78 is 9.94. The van der Waals surface area contributed by atoms with E-state index in [0.29, 0.717) is 22.0 Å². The molecule has 142 valence electrons. The van der Waals surface area contributed by atoms with Gasteiger partial charge < -0.3 is 14.8 Å². The Hall–Kier alpha value is -2.67. The third kappa shape index (κ3) is 4.36. The van der Waals surface area contributed by atoms with E-state index in [1.807, 2.05) is 0 Å². The molecule has 0 bridgehead atoms. The molecule has 1 heterocycles. The zero-order valence-electron chi connectivity index (χ0n) is 15.2. The number of thiophene rings is 1. The number of benzene rings is 1. The number of esters is 2. The monoisotopic (exact) mass is 387 g/mol. The number of hydrogen-bond donors (Lipinski definition) is 1. The average Bonchev–Trinajstić information content (AvgIpc) is 3.02. The Morgan fingerprint density at radius 2 is 1.93 bits per heavy atom. The predicted molar refractivity (Wildman–Crippen MR) is 102 cm³/mol. The first-order valence-corrected chi connectivity index (χ1v) is 9.56. The quantitative estimate of drug-likeness (QED) is 0.795. The van der Waals surface area contributed by atoms with Crippen molar-refractivity contribution in [2.24, 2.45) is 5.92 Å². The van der Waals surface area contributed by atoms with Crippen molar-refractivity contribution in [2.45, 2.75) is 26.2 Å². The van der Waals surface area contributed by atoms with Gasteiger partial charge in [0, 0.05) is 4.88 Å². The molecular formula is C20H21NO5S. The molecule has 1 aliphatic carbocycles. The number of hydrogen-bond acceptors (Lipinski definition) is 6. The number of rotatable bonds is 5. The number of carbonyl (C=O) groups is 3. The fourth-order valence-electron chi connectivity index (χ4n) is 3.11. The van der Waals surface area contributed by atoms with Crippen molar-refractivity contribution in [2.75, 3.05) is 19.0 Å². The molecule has 6 nitrogen and oxygen atoms in total. The SMILES string of the molecule is COC(=O)c1c(NC(=O)COC(=O)c2ccccc2)sc2c1CC[C@H](C)C2. The van der Waals surface area contributed by atoms with E-state index in [4.69, 9.17) is 9.47 Å². The molecule has 1 aromatic heterocycles. The summed E-state index contributed by atoms with van der Waals surface area (Å²) in [7, 11) is 1.32. The van der Waals surface area contributed by atoms with Gasteiger partial charge in [0.1, 0.15) is 5.00 Å². The topological polar surface area (TPSA) is 81.7 Å². The van der Waals surface area contributed by atoms with Crippen LogP contribution in [0.5, 0.6) is 0 Å². The van der Waals surface area contributed by atoms with Crippen molar-refractivity contribution >= 4 is 34.2 Å². The highest BCUT2D eigenvalue weighted by Crippen LogP contribution is 2.40. The smallest absolute Gasteiger partial charge is 0.341 e. The molecule has 0 saturated carbocycles. The van der Waals surface area contributed by atoms with Crippen molar-refractivity contribution in [3.05, 3.63) is 51.9 Å². The van der Waals surface area contributed by atoms with Crippen LogP contribution in [0.25, 0.3) is 0 Å². The third-order valence-electron chi connectivity index (χ3n) is 4.50. The van der Waals surface area contributed by atoms with Crippen LogP contribution in [-0.2, 0) is 27.1 Å². The van der Waals surface area contributed by atoms with Crippen LogP contribution in [0.1, 0.15) is 44.5 Å². The van der Waals surface area contributed by atoms with Gasteiger partial charge in [-0.2, -0.15) is 0 Å². The fourth-order valence-corrected chi connectivity index (χ4v) is 4.52. The highest BCUT2D eigenvalue weighted by atomic mass is 32.1. The highest BCUT2D eigenvalue weighted by Gasteiger charge is 2.29. The summed E-state index contributed by atoms with van der Waals surface area (Å²) in [5, 5.41) is 3.17. The Kier molecular flexibility index (Phi) is 5.91. The predicted octanol–water partition coefficient (Wildman–Crippen LogP) is 3.46. The number of amides is 1. The lowest BCUT2D eigenvalue weighted by Crippen LogP contribution is -2.21. The molecule has 1 aliphatic rings. The van der Waals surface area contributed by atoms with Crippen molar-refractivity contribution in [1.82, 2.24) is 0 Å². The zero-order valence-corrected chi connectivity index (χ0v) is 16.1. The number of nitrogens with one attached hydrogen (secondary N) is 1. The summed E-state index contributed by atoms with van der Waals surface area (Å²) in [5.41, 5.74) is 1.76. The Morgan fingerprint density at radius 1 is 1.19 bits per heavy atom. The molecule has 1 N–H and O–H groups in total. The molecule has 0 fully saturated rings. The summed E-state index contributed by atoms with van der Waals surface area (Å²) in [4.78, 5) is 37.5. The molecule has 1 aromatic carbocycles. The van der Waals surface area contributed by atoms with Crippen molar-refractivity contribution in [3.8, 4) is 0 Å². The Morgan fingerprint density at radius 3 is 2.63 bits per heavy atom. The van der Waals surface area contributed by atoms with E-state index in [0.717, 1.165) is 29.7 Å². The van der Waals surface area contributed by atoms with Crippen LogP contribution in [0, 0.1) is 5.92 Å². The molecule has 1 amide bonds. The highest BCUT2D eigenvalue weighted by molar-refractivity contribution is 7.17. The van der Waals surface area contributed by atoms with Crippen LogP contribution < -0.4 is 5.32 Å². The summed E-state index contributed by atoms with van der Waals surface area (Å²) in [5.74, 6) is -0.982. The van der Waals surface area contributed by atoms with Crippen LogP contribution in [-0.4, -0.2) is 31.6 Å². The second kappa shape index (κ2) is 8.35. The van der Waals surface area contributed by atoms with Crippen LogP contribution in [0.2, 0.25) is 0 Å². The van der Waals surface area contributed by atoms with Gasteiger partial charge in [-0.05, 0) is 42.9 Å². The van der Waals surface area contributed by atoms with Crippen LogP contribution in [0.15, 0.2) is 30.3 Å². The Balaban J connectivity index is 1.70. The molecule has 1 atom stereocenters. The van der Waals surface area contributed by atoms with E-state index >= 15 is 0 Å². The number of methoxy groups -OCH3 is 1. The van der Waals surface area contributed by atoms with Gasteiger partial charge in [0.15, 0.2) is 6.61 Å². The Labute approximate surface area is 161 Å². The normalized spacial score (nSPS) is 15.6. The van der Waals surface area contributed by atoms with E-state index in [-0.39, 0.29) is 0 Å². The molecule has 3 rings (SSSR count). The largest absolute Gasteiger partial charge is 0.465 e. The number of fused-ring (bicyclic) bond motifs is 1. The molecule has 27 heavy (non-hydrogen) atoms. The van der Waals surface area contributed by atoms with Gasteiger partial charge in [0.25, 0.3) is 5.91 Å². The van der Waals surface area contributed by atoms with Gasteiger partial charge in [-0.15, -0.1) is 11.3 Å². The first-order valence-electron chi connectivity index (χ1n) is 8.74. The maximum atomic E-state index is 12.3. The summed E-state index contributed by atoms with van der Waals surface area (Å²) in [6, 6.07) is 8.46. The van der Waals surface area contributed by atoms with Gasteiger partial charge in [-0.25, -0.2) is 9.59 Å². The first kappa shape index (κ1) is 19.1. The van der Waals surface area contributed by atoms with Gasteiger partial charge >= 0.3 is 11.9 Å². The van der Waals surface area contributed by atoms with Crippen molar-refractivity contribution in [1.29, 1.82) is 0 Å². The second-order valence-corrected chi connectivity index (χ2v) is 7.64. The van der Waals surface area contributed by atoms with Crippen molar-refractivity contribution < 1.29 is 23.9 Å². The minimum Gasteiger partial charge on any atom is -0.465 e. The molecular weight excluding hydrogens is 366 g/mol. The lowest BCUT2D eigenvalue weighted by atomic mass is 9.88. The van der Waals surface area contributed by atoms with E-state index in [9.17, 15) is 14.4 Å². The molecule has 0 spiro atoms. The lowest BCUT2D eigenvalue weighted by Gasteiger charge is -2.18. The summed E-state index contributed by atoms with van der Waals surface area (Å²) in [6.07, 6.45) is 2.66. The molecule has 0 unspecified atom stereocenters. The van der Waals surface area contributed by atoms with E-state index in [1.165, 1.54) is 18.4 Å². The summed E-state index contributed by atoms with van der Waals surface area (Å²) >= 11 is 1.40. The molecule has 7 heteroatoms. The van der Waals surface area contributed by atoms with Gasteiger partial charge in [0.05, 0.1) is 18.2 Å². The maximum absolute atomic E-state index is 12.3. The van der Waals surface area contributed by atoms with Gasteiger partial charge in [0.2, 0.25) is 0 Å². The number of ether oxygens (including phenoxy) is 2. The number of anilines is 1. The lowest BCUT2D eigenvalue weighted by molar-refractivity contribution is -0.119. The molecule has 2 aromatic rings. The van der Waals surface area contributed by atoms with Crippen molar-refractivity contribution in [3.63, 3.8) is 0 Å². The van der Waals surface area contributed by atoms with E-state index in [2.05, 4.69) is 12.2 Å². The van der Waals surface area contributed by atoms with Crippen LogP contribution >= 0.6 is 11.3 Å². The summed E-state index contributed by atoms with van der Waals surface area (Å²) in [6.45, 7) is 1.75. The van der Waals surface area contributed by atoms with E-state index < -0.39 is 24.5 Å². The number of carbonyl (C=O) groups excluding carboxylic acids is 3. The first-order chi connectivity index (χ1) is 13.0. The Bertz CT molecular complexity index is 859. The molecule has 0 radical (unpaired) electrons. The third-order valence-corrected chi connectivity index (χ3v) is 5.67. The van der Waals surface area contributed by atoms with Gasteiger partial charge in [-0.3, -0.25) is 4.79 Å². The maximum Gasteiger partial charge on any atom is 0.341 e. The van der Waals surface area contributed by atoms with E-state index in [1.54, 1.807) is 30.3 Å². The van der Waals surface area contributed by atoms with Crippen LogP contribution in [0.4, 0.5) is 5.00 Å². The van der Waals surface area contributed by atoms with Crippen LogP contribution in [0.3, 0.4) is 0 Å².